The van der Waals surface area contributed by atoms with Crippen molar-refractivity contribution in [1.82, 2.24) is 14.8 Å². The fourth-order valence-electron chi connectivity index (χ4n) is 4.33. The molecule has 0 aliphatic rings. The average molecular weight is 414 g/mol. The smallest absolute Gasteiger partial charge is 0.317 e. The first-order valence-electron chi connectivity index (χ1n) is 10.4. The number of aromatic nitrogens is 1. The molecule has 5 heteroatoms. The van der Waals surface area contributed by atoms with Gasteiger partial charge in [-0.3, -0.25) is 19.6 Å². The lowest BCUT2D eigenvalue weighted by Gasteiger charge is -2.23. The second kappa shape index (κ2) is 9.25. The Bertz CT molecular complexity index is 1150. The van der Waals surface area contributed by atoms with Crippen molar-refractivity contribution in [1.29, 1.82) is 0 Å². The molecule has 0 spiro atoms. The molecule has 4 aromatic rings. The van der Waals surface area contributed by atoms with Gasteiger partial charge in [-0.15, -0.1) is 0 Å². The molecule has 3 aromatic carbocycles. The van der Waals surface area contributed by atoms with Crippen molar-refractivity contribution >= 4 is 27.5 Å². The lowest BCUT2D eigenvalue weighted by atomic mass is 9.91. The number of carbonyl (C=O) groups is 1. The van der Waals surface area contributed by atoms with E-state index in [2.05, 4.69) is 65.5 Å². The largest absolute Gasteiger partial charge is 0.480 e. The van der Waals surface area contributed by atoms with E-state index < -0.39 is 5.97 Å². The summed E-state index contributed by atoms with van der Waals surface area (Å²) in [5.41, 5.74) is 3.71. The maximum absolute atomic E-state index is 11.2. The Kier molecular flexibility index (Phi) is 6.26. The number of nitrogens with zero attached hydrogens (tertiary/aromatic N) is 3. The molecule has 0 saturated heterocycles. The molecule has 0 aliphatic heterocycles. The van der Waals surface area contributed by atoms with Crippen molar-refractivity contribution in [2.24, 2.45) is 0 Å². The number of benzene rings is 3. The van der Waals surface area contributed by atoms with Crippen molar-refractivity contribution in [3.63, 3.8) is 0 Å². The fourth-order valence-corrected chi connectivity index (χ4v) is 4.33. The molecule has 0 aliphatic carbocycles. The fraction of sp³-hybridized carbons (Fsp3) is 0.231. The highest BCUT2D eigenvalue weighted by atomic mass is 16.4. The van der Waals surface area contributed by atoms with Gasteiger partial charge in [-0.25, -0.2) is 0 Å². The van der Waals surface area contributed by atoms with Gasteiger partial charge in [0.15, 0.2) is 0 Å². The molecule has 0 unspecified atom stereocenters. The van der Waals surface area contributed by atoms with Crippen LogP contribution in [0, 0.1) is 0 Å². The number of carboxylic acid groups (broad SMARTS) is 1. The predicted octanol–water partition coefficient (Wildman–Crippen LogP) is 4.54. The summed E-state index contributed by atoms with van der Waals surface area (Å²) in [5.74, 6) is -0.814. The van der Waals surface area contributed by atoms with Gasteiger partial charge in [-0.1, -0.05) is 48.5 Å². The topological polar surface area (TPSA) is 56.7 Å². The number of aliphatic carboxylic acids is 1. The number of pyridine rings is 1. The molecule has 0 bridgehead atoms. The molecule has 4 rings (SSSR count). The zero-order valence-electron chi connectivity index (χ0n) is 18.0. The predicted molar refractivity (Wildman–Crippen MR) is 125 cm³/mol. The molecule has 0 saturated carbocycles. The SMILES string of the molecule is CN(CC(=O)O)Cc1c2ccccc2c(CN(C)Cc2ccncc2)c2ccccc12. The minimum atomic E-state index is -0.814. The van der Waals surface area contributed by atoms with E-state index in [0.29, 0.717) is 6.54 Å². The minimum Gasteiger partial charge on any atom is -0.480 e. The van der Waals surface area contributed by atoms with Gasteiger partial charge in [0.25, 0.3) is 0 Å². The van der Waals surface area contributed by atoms with E-state index in [0.717, 1.165) is 13.1 Å². The van der Waals surface area contributed by atoms with Gasteiger partial charge in [-0.05, 0) is 64.5 Å². The highest BCUT2D eigenvalue weighted by Crippen LogP contribution is 2.34. The molecule has 5 nitrogen and oxygen atoms in total. The zero-order chi connectivity index (χ0) is 21.8. The van der Waals surface area contributed by atoms with E-state index in [1.165, 1.54) is 38.2 Å². The summed E-state index contributed by atoms with van der Waals surface area (Å²) in [4.78, 5) is 19.5. The van der Waals surface area contributed by atoms with Crippen molar-refractivity contribution in [3.05, 3.63) is 89.7 Å². The number of hydrogen-bond donors (Lipinski definition) is 1. The Labute approximate surface area is 182 Å². The Balaban J connectivity index is 1.79. The first-order chi connectivity index (χ1) is 15.0. The highest BCUT2D eigenvalue weighted by molar-refractivity contribution is 6.05. The highest BCUT2D eigenvalue weighted by Gasteiger charge is 2.16. The van der Waals surface area contributed by atoms with Crippen LogP contribution in [0.1, 0.15) is 16.7 Å². The summed E-state index contributed by atoms with van der Waals surface area (Å²) in [6, 6.07) is 21.0. The average Bonchev–Trinajstić information content (AvgIpc) is 2.76. The first-order valence-corrected chi connectivity index (χ1v) is 10.4. The van der Waals surface area contributed by atoms with Gasteiger partial charge in [-0.2, -0.15) is 0 Å². The Hall–Kier alpha value is -3.28. The van der Waals surface area contributed by atoms with Gasteiger partial charge < -0.3 is 5.11 Å². The zero-order valence-corrected chi connectivity index (χ0v) is 18.0. The second-order valence-corrected chi connectivity index (χ2v) is 8.14. The lowest BCUT2D eigenvalue weighted by molar-refractivity contribution is -0.138. The van der Waals surface area contributed by atoms with Crippen LogP contribution >= 0.6 is 0 Å². The maximum Gasteiger partial charge on any atom is 0.317 e. The minimum absolute atomic E-state index is 0.0130. The van der Waals surface area contributed by atoms with Gasteiger partial charge in [0.2, 0.25) is 0 Å². The third kappa shape index (κ3) is 4.74. The van der Waals surface area contributed by atoms with E-state index >= 15 is 0 Å². The third-order valence-corrected chi connectivity index (χ3v) is 5.62. The molecule has 1 N–H and O–H groups in total. The van der Waals surface area contributed by atoms with Crippen LogP contribution in [0.4, 0.5) is 0 Å². The van der Waals surface area contributed by atoms with Crippen LogP contribution in [0.5, 0.6) is 0 Å². The van der Waals surface area contributed by atoms with E-state index in [9.17, 15) is 9.90 Å². The van der Waals surface area contributed by atoms with E-state index in [-0.39, 0.29) is 6.54 Å². The molecule has 0 fully saturated rings. The molecule has 0 atom stereocenters. The first kappa shape index (κ1) is 21.0. The number of hydrogen-bond acceptors (Lipinski definition) is 4. The van der Waals surface area contributed by atoms with Crippen molar-refractivity contribution < 1.29 is 9.90 Å². The maximum atomic E-state index is 11.2. The van der Waals surface area contributed by atoms with Crippen LogP contribution in [0.15, 0.2) is 73.1 Å². The monoisotopic (exact) mass is 413 g/mol. The van der Waals surface area contributed by atoms with Crippen LogP contribution in [0.25, 0.3) is 21.5 Å². The van der Waals surface area contributed by atoms with Crippen LogP contribution < -0.4 is 0 Å². The van der Waals surface area contributed by atoms with Crippen LogP contribution in [0.3, 0.4) is 0 Å². The lowest BCUT2D eigenvalue weighted by Crippen LogP contribution is -2.25. The Morgan fingerprint density at radius 1 is 0.742 bits per heavy atom. The van der Waals surface area contributed by atoms with Crippen molar-refractivity contribution in [3.8, 4) is 0 Å². The van der Waals surface area contributed by atoms with Gasteiger partial charge in [0, 0.05) is 32.0 Å². The molecule has 158 valence electrons. The third-order valence-electron chi connectivity index (χ3n) is 5.62. The summed E-state index contributed by atoms with van der Waals surface area (Å²) < 4.78 is 0. The van der Waals surface area contributed by atoms with E-state index in [1.54, 1.807) is 0 Å². The molecular formula is C26H27N3O2. The second-order valence-electron chi connectivity index (χ2n) is 8.14. The number of carboxylic acids is 1. The molecule has 0 amide bonds. The van der Waals surface area contributed by atoms with E-state index in [4.69, 9.17) is 0 Å². The van der Waals surface area contributed by atoms with Crippen LogP contribution in [-0.2, 0) is 24.4 Å². The molecule has 1 heterocycles. The standard InChI is InChI=1S/C26H27N3O2/c1-28(15-19-11-13-27-14-12-19)16-24-20-7-3-5-9-22(20)25(17-29(2)18-26(30)31)23-10-6-4-8-21(23)24/h3-14H,15-18H2,1-2H3,(H,30,31). The molecule has 0 radical (unpaired) electrons. The molecule has 31 heavy (non-hydrogen) atoms. The summed E-state index contributed by atoms with van der Waals surface area (Å²) in [6.07, 6.45) is 3.66. The van der Waals surface area contributed by atoms with Gasteiger partial charge in [0.05, 0.1) is 6.54 Å². The number of rotatable bonds is 8. The summed E-state index contributed by atoms with van der Waals surface area (Å²) in [7, 11) is 3.99. The Morgan fingerprint density at radius 3 is 1.65 bits per heavy atom. The van der Waals surface area contributed by atoms with Gasteiger partial charge >= 0.3 is 5.97 Å². The van der Waals surface area contributed by atoms with Crippen molar-refractivity contribution in [2.75, 3.05) is 20.6 Å². The number of likely N-dealkylation sites (N-methyl/N-ethyl adjacent to an activating group) is 1. The van der Waals surface area contributed by atoms with E-state index in [1.807, 2.05) is 36.5 Å². The number of fused-ring (bicyclic) bond motifs is 2. The summed E-state index contributed by atoms with van der Waals surface area (Å²) in [6.45, 7) is 2.25. The van der Waals surface area contributed by atoms with Gasteiger partial charge in [0.1, 0.15) is 0 Å². The quantitative estimate of drug-likeness (QED) is 0.430. The normalized spacial score (nSPS) is 11.6. The van der Waals surface area contributed by atoms with Crippen LogP contribution in [0.2, 0.25) is 0 Å². The Morgan fingerprint density at radius 2 is 1.19 bits per heavy atom. The van der Waals surface area contributed by atoms with Crippen molar-refractivity contribution in [2.45, 2.75) is 19.6 Å². The summed E-state index contributed by atoms with van der Waals surface area (Å²) in [5, 5.41) is 14.0. The molecule has 1 aromatic heterocycles. The van der Waals surface area contributed by atoms with Crippen LogP contribution in [-0.4, -0.2) is 46.5 Å². The molecular weight excluding hydrogens is 386 g/mol. The summed E-state index contributed by atoms with van der Waals surface area (Å²) >= 11 is 0.